The van der Waals surface area contributed by atoms with E-state index in [1.165, 1.54) is 12.1 Å². The highest BCUT2D eigenvalue weighted by molar-refractivity contribution is 5.75. The van der Waals surface area contributed by atoms with E-state index in [0.717, 1.165) is 18.4 Å². The first kappa shape index (κ1) is 16.7. The number of nitrogens with zero attached hydrogens (tertiary/aromatic N) is 1. The number of hydrogen-bond donors (Lipinski definition) is 2. The molecule has 1 aliphatic rings. The summed E-state index contributed by atoms with van der Waals surface area (Å²) in [5.41, 5.74) is 0.498. The third-order valence-corrected chi connectivity index (χ3v) is 4.16. The zero-order valence-electron chi connectivity index (χ0n) is 13.5. The second kappa shape index (κ2) is 6.65. The van der Waals surface area contributed by atoms with Crippen molar-refractivity contribution in [2.45, 2.75) is 45.7 Å². The zero-order valence-corrected chi connectivity index (χ0v) is 13.5. The summed E-state index contributed by atoms with van der Waals surface area (Å²) in [6.45, 7) is 6.66. The van der Waals surface area contributed by atoms with E-state index in [9.17, 15) is 14.3 Å². The molecule has 2 rings (SSSR count). The van der Waals surface area contributed by atoms with Crippen LogP contribution in [0.5, 0.6) is 0 Å². The fourth-order valence-electron chi connectivity index (χ4n) is 2.99. The molecule has 5 heteroatoms. The normalized spacial score (nSPS) is 20.0. The Morgan fingerprint density at radius 3 is 2.82 bits per heavy atom. The second-order valence-corrected chi connectivity index (χ2v) is 6.98. The van der Waals surface area contributed by atoms with Gasteiger partial charge in [-0.2, -0.15) is 0 Å². The van der Waals surface area contributed by atoms with Crippen LogP contribution in [0.3, 0.4) is 0 Å². The van der Waals surface area contributed by atoms with Gasteiger partial charge in [0.15, 0.2) is 0 Å². The van der Waals surface area contributed by atoms with Gasteiger partial charge in [-0.3, -0.25) is 0 Å². The lowest BCUT2D eigenvalue weighted by molar-refractivity contribution is 0.147. The van der Waals surface area contributed by atoms with Crippen LogP contribution < -0.4 is 5.32 Å². The highest BCUT2D eigenvalue weighted by Gasteiger charge is 2.33. The maximum absolute atomic E-state index is 13.5. The van der Waals surface area contributed by atoms with Gasteiger partial charge in [-0.1, -0.05) is 32.9 Å². The zero-order chi connectivity index (χ0) is 16.3. The molecule has 122 valence electrons. The van der Waals surface area contributed by atoms with E-state index in [-0.39, 0.29) is 36.0 Å². The first-order valence-corrected chi connectivity index (χ1v) is 7.76. The van der Waals surface area contributed by atoms with Crippen LogP contribution in [-0.2, 0) is 0 Å². The van der Waals surface area contributed by atoms with Gasteiger partial charge in [0.05, 0.1) is 18.7 Å². The average molecular weight is 308 g/mol. The Morgan fingerprint density at radius 2 is 2.23 bits per heavy atom. The largest absolute Gasteiger partial charge is 0.394 e. The minimum Gasteiger partial charge on any atom is -0.394 e. The molecule has 4 nitrogen and oxygen atoms in total. The standard InChI is InChI=1S/C17H25FN2O2/c1-17(2,3)15(12-6-4-7-13(18)10-12)19-16(22)20-9-5-8-14(20)11-21/h4,6-7,10,14-15,21H,5,8-9,11H2,1-3H3,(H,19,22)/t14-,15?/m0/s1. The molecule has 0 bridgehead atoms. The number of rotatable bonds is 3. The van der Waals surface area contributed by atoms with Gasteiger partial charge in [0.1, 0.15) is 5.82 Å². The molecule has 0 aromatic heterocycles. The Balaban J connectivity index is 2.19. The lowest BCUT2D eigenvalue weighted by Gasteiger charge is -2.34. The summed E-state index contributed by atoms with van der Waals surface area (Å²) in [4.78, 5) is 14.2. The van der Waals surface area contributed by atoms with Crippen LogP contribution in [0, 0.1) is 11.2 Å². The molecule has 1 heterocycles. The third-order valence-electron chi connectivity index (χ3n) is 4.16. The fraction of sp³-hybridized carbons (Fsp3) is 0.588. The summed E-state index contributed by atoms with van der Waals surface area (Å²) in [6, 6.07) is 5.73. The van der Waals surface area contributed by atoms with Crippen LogP contribution in [-0.4, -0.2) is 35.2 Å². The van der Waals surface area contributed by atoms with Gasteiger partial charge in [0.25, 0.3) is 0 Å². The van der Waals surface area contributed by atoms with Crippen molar-refractivity contribution >= 4 is 6.03 Å². The van der Waals surface area contributed by atoms with E-state index in [1.807, 2.05) is 26.8 Å². The van der Waals surface area contributed by atoms with E-state index in [1.54, 1.807) is 11.0 Å². The van der Waals surface area contributed by atoms with Crippen molar-refractivity contribution in [1.82, 2.24) is 10.2 Å². The molecule has 1 unspecified atom stereocenters. The lowest BCUT2D eigenvalue weighted by atomic mass is 9.82. The third kappa shape index (κ3) is 3.77. The SMILES string of the molecule is CC(C)(C)C(NC(=O)N1CCC[C@H]1CO)c1cccc(F)c1. The Kier molecular flexibility index (Phi) is 5.06. The molecule has 0 spiro atoms. The van der Waals surface area contributed by atoms with Crippen molar-refractivity contribution in [3.8, 4) is 0 Å². The Hall–Kier alpha value is -1.62. The van der Waals surface area contributed by atoms with E-state index in [2.05, 4.69) is 5.32 Å². The molecular formula is C17H25FN2O2. The number of carbonyl (C=O) groups is 1. The number of aliphatic hydroxyl groups is 1. The van der Waals surface area contributed by atoms with E-state index in [4.69, 9.17) is 0 Å². The summed E-state index contributed by atoms with van der Waals surface area (Å²) in [6.07, 6.45) is 1.73. The van der Waals surface area contributed by atoms with Gasteiger partial charge >= 0.3 is 6.03 Å². The van der Waals surface area contributed by atoms with Crippen LogP contribution in [0.4, 0.5) is 9.18 Å². The molecule has 1 aromatic rings. The first-order valence-electron chi connectivity index (χ1n) is 7.76. The maximum atomic E-state index is 13.5. The van der Waals surface area contributed by atoms with Crippen LogP contribution >= 0.6 is 0 Å². The predicted octanol–water partition coefficient (Wildman–Crippen LogP) is 3.08. The highest BCUT2D eigenvalue weighted by Crippen LogP contribution is 2.33. The van der Waals surface area contributed by atoms with Crippen molar-refractivity contribution in [2.24, 2.45) is 5.41 Å². The van der Waals surface area contributed by atoms with Crippen LogP contribution in [0.2, 0.25) is 0 Å². The summed E-state index contributed by atoms with van der Waals surface area (Å²) < 4.78 is 13.5. The summed E-state index contributed by atoms with van der Waals surface area (Å²) in [7, 11) is 0. The Morgan fingerprint density at radius 1 is 1.50 bits per heavy atom. The predicted molar refractivity (Wildman–Crippen MR) is 83.9 cm³/mol. The van der Waals surface area contributed by atoms with E-state index >= 15 is 0 Å². The number of amides is 2. The first-order chi connectivity index (χ1) is 10.3. The summed E-state index contributed by atoms with van der Waals surface area (Å²) in [5.74, 6) is -0.310. The molecule has 2 N–H and O–H groups in total. The molecule has 1 saturated heterocycles. The van der Waals surface area contributed by atoms with Crippen LogP contribution in [0.1, 0.15) is 45.2 Å². The molecule has 22 heavy (non-hydrogen) atoms. The van der Waals surface area contributed by atoms with Crippen molar-refractivity contribution in [3.63, 3.8) is 0 Å². The smallest absolute Gasteiger partial charge is 0.318 e. The number of likely N-dealkylation sites (tertiary alicyclic amines) is 1. The van der Waals surface area contributed by atoms with E-state index in [0.29, 0.717) is 6.54 Å². The number of benzene rings is 1. The topological polar surface area (TPSA) is 52.6 Å². The van der Waals surface area contributed by atoms with Crippen molar-refractivity contribution in [3.05, 3.63) is 35.6 Å². The number of nitrogens with one attached hydrogen (secondary N) is 1. The quantitative estimate of drug-likeness (QED) is 0.901. The van der Waals surface area contributed by atoms with Crippen LogP contribution in [0.25, 0.3) is 0 Å². The number of urea groups is 1. The molecule has 1 fully saturated rings. The lowest BCUT2D eigenvalue weighted by Crippen LogP contribution is -2.47. The molecule has 1 aromatic carbocycles. The van der Waals surface area contributed by atoms with Crippen molar-refractivity contribution in [1.29, 1.82) is 0 Å². The summed E-state index contributed by atoms with van der Waals surface area (Å²) >= 11 is 0. The Labute approximate surface area is 131 Å². The minimum absolute atomic E-state index is 0.0203. The van der Waals surface area contributed by atoms with Gasteiger partial charge in [0.2, 0.25) is 0 Å². The molecule has 2 atom stereocenters. The number of halogens is 1. The van der Waals surface area contributed by atoms with Gasteiger partial charge < -0.3 is 15.3 Å². The number of hydrogen-bond acceptors (Lipinski definition) is 2. The second-order valence-electron chi connectivity index (χ2n) is 6.98. The maximum Gasteiger partial charge on any atom is 0.318 e. The van der Waals surface area contributed by atoms with Crippen molar-refractivity contribution < 1.29 is 14.3 Å². The van der Waals surface area contributed by atoms with E-state index < -0.39 is 0 Å². The van der Waals surface area contributed by atoms with Gasteiger partial charge in [-0.25, -0.2) is 9.18 Å². The molecule has 2 amide bonds. The van der Waals surface area contributed by atoms with Gasteiger partial charge in [-0.05, 0) is 36.0 Å². The molecule has 0 aliphatic carbocycles. The number of carbonyl (C=O) groups excluding carboxylic acids is 1. The average Bonchev–Trinajstić information content (AvgIpc) is 2.91. The van der Waals surface area contributed by atoms with Crippen molar-refractivity contribution in [2.75, 3.05) is 13.2 Å². The molecule has 1 aliphatic heterocycles. The molecule has 0 radical (unpaired) electrons. The monoisotopic (exact) mass is 308 g/mol. The molecular weight excluding hydrogens is 283 g/mol. The Bertz CT molecular complexity index is 528. The van der Waals surface area contributed by atoms with Gasteiger partial charge in [-0.15, -0.1) is 0 Å². The molecule has 0 saturated carbocycles. The van der Waals surface area contributed by atoms with Crippen LogP contribution in [0.15, 0.2) is 24.3 Å². The van der Waals surface area contributed by atoms with Gasteiger partial charge in [0, 0.05) is 6.54 Å². The fourth-order valence-corrected chi connectivity index (χ4v) is 2.99. The number of aliphatic hydroxyl groups excluding tert-OH is 1. The highest BCUT2D eigenvalue weighted by atomic mass is 19.1. The summed E-state index contributed by atoms with van der Waals surface area (Å²) in [5, 5.41) is 12.4. The minimum atomic E-state index is -0.310.